The largest absolute Gasteiger partial charge is 0.464 e. The fourth-order valence-corrected chi connectivity index (χ4v) is 4.70. The first-order valence-electron chi connectivity index (χ1n) is 14.8. The Hall–Kier alpha value is -4.41. The minimum Gasteiger partial charge on any atom is -0.464 e. The molecule has 1 saturated heterocycles. The predicted molar refractivity (Wildman–Crippen MR) is 162 cm³/mol. The molecule has 1 aliphatic heterocycles. The molecule has 0 radical (unpaired) electrons. The van der Waals surface area contributed by atoms with Gasteiger partial charge in [-0.3, -0.25) is 9.59 Å². The molecule has 0 aliphatic carbocycles. The number of hydrogen-bond acceptors (Lipinski definition) is 8. The zero-order chi connectivity index (χ0) is 32.4. The molecule has 4 atom stereocenters. The third-order valence-electron chi connectivity index (χ3n) is 6.66. The van der Waals surface area contributed by atoms with E-state index in [1.54, 1.807) is 52.0 Å². The molecule has 0 aromatic heterocycles. The number of carbonyl (C=O) groups excluding carboxylic acids is 5. The topological polar surface area (TPSA) is 140 Å². The van der Waals surface area contributed by atoms with Crippen LogP contribution in [0.25, 0.3) is 0 Å². The van der Waals surface area contributed by atoms with Gasteiger partial charge in [0.25, 0.3) is 0 Å². The van der Waals surface area contributed by atoms with Crippen LogP contribution in [0.2, 0.25) is 0 Å². The molecule has 3 amide bonds. The average Bonchev–Trinajstić information content (AvgIpc) is 3.71. The molecule has 3 rings (SSSR count). The van der Waals surface area contributed by atoms with E-state index in [1.807, 2.05) is 50.2 Å². The summed E-state index contributed by atoms with van der Waals surface area (Å²) >= 11 is 0. The number of benzene rings is 2. The van der Waals surface area contributed by atoms with Gasteiger partial charge >= 0.3 is 18.0 Å². The lowest BCUT2D eigenvalue weighted by molar-refractivity contribution is -0.149. The lowest BCUT2D eigenvalue weighted by atomic mass is 10.0. The second-order valence-electron chi connectivity index (χ2n) is 12.1. The molecule has 11 heteroatoms. The van der Waals surface area contributed by atoms with Crippen LogP contribution in [0.5, 0.6) is 0 Å². The van der Waals surface area contributed by atoms with Gasteiger partial charge in [-0.2, -0.15) is 0 Å². The number of alkyl carbamates (subject to hydrolysis) is 1. The quantitative estimate of drug-likeness (QED) is 0.200. The van der Waals surface area contributed by atoms with Gasteiger partial charge < -0.3 is 29.7 Å². The number of hydrogen-bond donors (Lipinski definition) is 2. The van der Waals surface area contributed by atoms with E-state index < -0.39 is 59.6 Å². The molecule has 0 saturated carbocycles. The second kappa shape index (κ2) is 15.4. The van der Waals surface area contributed by atoms with Gasteiger partial charge in [0.2, 0.25) is 11.8 Å². The van der Waals surface area contributed by atoms with Crippen LogP contribution in [-0.2, 0) is 46.4 Å². The molecule has 1 heterocycles. The first kappa shape index (κ1) is 34.1. The fraction of sp³-hybridized carbons (Fsp3) is 0.485. The van der Waals surface area contributed by atoms with Crippen molar-refractivity contribution < 1.29 is 38.2 Å². The predicted octanol–water partition coefficient (Wildman–Crippen LogP) is 3.54. The van der Waals surface area contributed by atoms with Crippen LogP contribution in [0.4, 0.5) is 4.79 Å². The molecule has 11 nitrogen and oxygen atoms in total. The maximum absolute atomic E-state index is 13.9. The summed E-state index contributed by atoms with van der Waals surface area (Å²) in [4.78, 5) is 67.2. The molecule has 0 unspecified atom stereocenters. The first-order chi connectivity index (χ1) is 20.8. The zero-order valence-electron chi connectivity index (χ0n) is 26.2. The van der Waals surface area contributed by atoms with E-state index in [9.17, 15) is 24.0 Å². The third kappa shape index (κ3) is 10.1. The van der Waals surface area contributed by atoms with Gasteiger partial charge in [0.15, 0.2) is 6.04 Å². The highest BCUT2D eigenvalue weighted by Gasteiger charge is 2.62. The van der Waals surface area contributed by atoms with Crippen molar-refractivity contribution in [3.8, 4) is 0 Å². The molecule has 44 heavy (non-hydrogen) atoms. The van der Waals surface area contributed by atoms with Crippen molar-refractivity contribution >= 4 is 29.8 Å². The summed E-state index contributed by atoms with van der Waals surface area (Å²) < 4.78 is 16.0. The van der Waals surface area contributed by atoms with E-state index in [0.29, 0.717) is 0 Å². The molecule has 2 aromatic rings. The molecule has 238 valence electrons. The SMILES string of the molecule is CCOC(=O)[C@H]1[C@H](C(=O)N[C@@H](CC(C)C)C(=O)OCc2ccccc2)N1C(=O)[C@H](Cc1ccccc1)NC(=O)OC(C)(C)C. The molecule has 1 fully saturated rings. The highest BCUT2D eigenvalue weighted by molar-refractivity contribution is 6.05. The van der Waals surface area contributed by atoms with Crippen LogP contribution in [0.3, 0.4) is 0 Å². The Labute approximate surface area is 258 Å². The molecule has 2 aromatic carbocycles. The van der Waals surface area contributed by atoms with Gasteiger partial charge in [0.05, 0.1) is 6.61 Å². The van der Waals surface area contributed by atoms with Gasteiger partial charge in [0.1, 0.15) is 30.3 Å². The Bertz CT molecular complexity index is 1290. The number of nitrogens with zero attached hydrogens (tertiary/aromatic N) is 1. The number of carbonyl (C=O) groups is 5. The molecule has 0 bridgehead atoms. The number of esters is 2. The summed E-state index contributed by atoms with van der Waals surface area (Å²) in [5.74, 6) is -2.73. The standard InChI is InChI=1S/C33H43N3O8/c1-7-42-31(40)27-26(28(37)34-25(18-21(2)3)30(39)43-20-23-16-12-9-13-17-23)36(27)29(38)24(19-22-14-10-8-11-15-22)35-32(41)44-33(4,5)6/h8-17,21,24-27H,7,18-20H2,1-6H3,(H,34,37)(H,35,41)/t24-,25-,26+,27+,36?/m0/s1. The van der Waals surface area contributed by atoms with E-state index in [0.717, 1.165) is 16.0 Å². The smallest absolute Gasteiger partial charge is 0.408 e. The van der Waals surface area contributed by atoms with Crippen molar-refractivity contribution in [2.45, 2.75) is 90.8 Å². The highest BCUT2D eigenvalue weighted by atomic mass is 16.6. The van der Waals surface area contributed by atoms with E-state index in [2.05, 4.69) is 10.6 Å². The monoisotopic (exact) mass is 609 g/mol. The summed E-state index contributed by atoms with van der Waals surface area (Å²) in [6, 6.07) is 13.5. The van der Waals surface area contributed by atoms with Crippen LogP contribution < -0.4 is 10.6 Å². The molecule has 1 aliphatic rings. The maximum atomic E-state index is 13.9. The molecular formula is C33H43N3O8. The van der Waals surface area contributed by atoms with Gasteiger partial charge in [-0.05, 0) is 51.2 Å². The highest BCUT2D eigenvalue weighted by Crippen LogP contribution is 2.32. The average molecular weight is 610 g/mol. The second-order valence-corrected chi connectivity index (χ2v) is 12.1. The van der Waals surface area contributed by atoms with Gasteiger partial charge in [-0.15, -0.1) is 0 Å². The van der Waals surface area contributed by atoms with E-state index >= 15 is 0 Å². The number of rotatable bonds is 13. The van der Waals surface area contributed by atoms with E-state index in [1.165, 1.54) is 0 Å². The third-order valence-corrected chi connectivity index (χ3v) is 6.66. The summed E-state index contributed by atoms with van der Waals surface area (Å²) in [5, 5.41) is 5.29. The Balaban J connectivity index is 1.81. The van der Waals surface area contributed by atoms with Crippen molar-refractivity contribution in [2.75, 3.05) is 6.61 Å². The van der Waals surface area contributed by atoms with Crippen molar-refractivity contribution in [3.05, 3.63) is 71.8 Å². The minimum atomic E-state index is -1.24. The van der Waals surface area contributed by atoms with Crippen molar-refractivity contribution in [3.63, 3.8) is 0 Å². The fourth-order valence-electron chi connectivity index (χ4n) is 4.70. The lowest BCUT2D eigenvalue weighted by Gasteiger charge is -2.24. The Kier molecular flexibility index (Phi) is 11.9. The summed E-state index contributed by atoms with van der Waals surface area (Å²) in [6.07, 6.45) is -0.456. The van der Waals surface area contributed by atoms with Crippen LogP contribution in [0.1, 0.15) is 59.1 Å². The number of ether oxygens (including phenoxy) is 3. The van der Waals surface area contributed by atoms with Crippen molar-refractivity contribution in [2.24, 2.45) is 5.92 Å². The maximum Gasteiger partial charge on any atom is 0.408 e. The van der Waals surface area contributed by atoms with Crippen molar-refractivity contribution in [1.29, 1.82) is 0 Å². The Morgan fingerprint density at radius 1 is 0.818 bits per heavy atom. The van der Waals surface area contributed by atoms with Gasteiger partial charge in [-0.25, -0.2) is 14.4 Å². The number of nitrogens with one attached hydrogen (secondary N) is 2. The van der Waals surface area contributed by atoms with Crippen LogP contribution in [-0.4, -0.2) is 71.1 Å². The van der Waals surface area contributed by atoms with E-state index in [4.69, 9.17) is 14.2 Å². The van der Waals surface area contributed by atoms with E-state index in [-0.39, 0.29) is 32.0 Å². The summed E-state index contributed by atoms with van der Waals surface area (Å²) in [6.45, 7) is 10.6. The summed E-state index contributed by atoms with van der Waals surface area (Å²) in [5.41, 5.74) is 0.718. The Morgan fingerprint density at radius 2 is 1.41 bits per heavy atom. The zero-order valence-corrected chi connectivity index (χ0v) is 26.2. The van der Waals surface area contributed by atoms with Crippen molar-refractivity contribution in [1.82, 2.24) is 15.5 Å². The van der Waals surface area contributed by atoms with Crippen LogP contribution in [0, 0.1) is 5.92 Å². The first-order valence-corrected chi connectivity index (χ1v) is 14.8. The Morgan fingerprint density at radius 3 is 1.95 bits per heavy atom. The molecule has 0 spiro atoms. The normalized spacial score (nSPS) is 17.2. The lowest BCUT2D eigenvalue weighted by Crippen LogP contribution is -2.49. The minimum absolute atomic E-state index is 0.0237. The van der Waals surface area contributed by atoms with Crippen LogP contribution in [0.15, 0.2) is 60.7 Å². The summed E-state index contributed by atoms with van der Waals surface area (Å²) in [7, 11) is 0. The molecular weight excluding hydrogens is 566 g/mol. The number of amides is 3. The van der Waals surface area contributed by atoms with Gasteiger partial charge in [0, 0.05) is 6.42 Å². The van der Waals surface area contributed by atoms with Gasteiger partial charge in [-0.1, -0.05) is 74.5 Å². The van der Waals surface area contributed by atoms with Crippen LogP contribution >= 0.6 is 0 Å². The molecule has 2 N–H and O–H groups in total.